The molecule has 1 aromatic rings. The first-order valence-corrected chi connectivity index (χ1v) is 9.27. The van der Waals surface area contributed by atoms with Gasteiger partial charge in [-0.2, -0.15) is 0 Å². The van der Waals surface area contributed by atoms with Crippen LogP contribution in [0.5, 0.6) is 0 Å². The third-order valence-electron chi connectivity index (χ3n) is 6.07. The molecule has 1 N–H and O–H groups in total. The normalized spacial score (nSPS) is 23.2. The van der Waals surface area contributed by atoms with Crippen LogP contribution in [0.15, 0.2) is 24.3 Å². The van der Waals surface area contributed by atoms with E-state index < -0.39 is 5.92 Å². The average Bonchev–Trinajstić information content (AvgIpc) is 3.03. The zero-order valence-electron chi connectivity index (χ0n) is 15.2. The lowest BCUT2D eigenvalue weighted by Gasteiger charge is -2.40. The minimum Gasteiger partial charge on any atom is -0.396 e. The van der Waals surface area contributed by atoms with Crippen molar-refractivity contribution in [2.24, 2.45) is 11.3 Å². The van der Waals surface area contributed by atoms with Crippen LogP contribution in [-0.2, 0) is 9.59 Å². The number of carbonyl (C=O) groups is 2. The van der Waals surface area contributed by atoms with E-state index in [2.05, 4.69) is 6.92 Å². The van der Waals surface area contributed by atoms with Crippen LogP contribution < -0.4 is 4.90 Å². The van der Waals surface area contributed by atoms with Gasteiger partial charge in [-0.3, -0.25) is 9.59 Å². The van der Waals surface area contributed by atoms with E-state index in [1.54, 1.807) is 4.90 Å². The number of amides is 2. The number of aliphatic hydroxyl groups excluding tert-OH is 1. The summed E-state index contributed by atoms with van der Waals surface area (Å²) in [6, 6.07) is 7.86. The van der Waals surface area contributed by atoms with Crippen molar-refractivity contribution < 1.29 is 14.7 Å². The first-order valence-electron chi connectivity index (χ1n) is 9.27. The van der Waals surface area contributed by atoms with E-state index in [9.17, 15) is 14.7 Å². The first-order chi connectivity index (χ1) is 12.0. The van der Waals surface area contributed by atoms with Crippen LogP contribution in [0.2, 0.25) is 0 Å². The van der Waals surface area contributed by atoms with E-state index in [-0.39, 0.29) is 23.8 Å². The van der Waals surface area contributed by atoms with Gasteiger partial charge in [0.25, 0.3) is 0 Å². The molecule has 0 radical (unpaired) electrons. The standard InChI is InChI=1S/C20H28N2O3/c1-3-20(14-23)9-12-21(13-10-20)18(24)17-8-11-22(19(17)25)16-6-4-15(2)5-7-16/h4-7,17,23H,3,8-14H2,1-2H3. The van der Waals surface area contributed by atoms with E-state index in [1.165, 1.54) is 0 Å². The van der Waals surface area contributed by atoms with Crippen molar-refractivity contribution in [3.63, 3.8) is 0 Å². The Labute approximate surface area is 149 Å². The number of piperidine rings is 1. The van der Waals surface area contributed by atoms with Crippen molar-refractivity contribution in [3.8, 4) is 0 Å². The number of anilines is 1. The van der Waals surface area contributed by atoms with Gasteiger partial charge in [-0.25, -0.2) is 0 Å². The molecule has 2 fully saturated rings. The van der Waals surface area contributed by atoms with Crippen LogP contribution in [0.25, 0.3) is 0 Å². The molecule has 2 saturated heterocycles. The second-order valence-corrected chi connectivity index (χ2v) is 7.50. The monoisotopic (exact) mass is 344 g/mol. The van der Waals surface area contributed by atoms with Gasteiger partial charge in [0.15, 0.2) is 0 Å². The molecular weight excluding hydrogens is 316 g/mol. The highest BCUT2D eigenvalue weighted by Crippen LogP contribution is 2.35. The van der Waals surface area contributed by atoms with Crippen molar-refractivity contribution in [2.75, 3.05) is 31.1 Å². The van der Waals surface area contributed by atoms with Crippen LogP contribution >= 0.6 is 0 Å². The van der Waals surface area contributed by atoms with Gasteiger partial charge >= 0.3 is 0 Å². The predicted molar refractivity (Wildman–Crippen MR) is 97.3 cm³/mol. The Hall–Kier alpha value is -1.88. The number of hydrogen-bond donors (Lipinski definition) is 1. The molecule has 2 aliphatic heterocycles. The van der Waals surface area contributed by atoms with Crippen LogP contribution in [-0.4, -0.2) is 48.1 Å². The summed E-state index contributed by atoms with van der Waals surface area (Å²) < 4.78 is 0. The topological polar surface area (TPSA) is 60.9 Å². The van der Waals surface area contributed by atoms with Crippen molar-refractivity contribution >= 4 is 17.5 Å². The number of hydrogen-bond acceptors (Lipinski definition) is 3. The van der Waals surface area contributed by atoms with Gasteiger partial charge in [-0.05, 0) is 50.2 Å². The molecule has 0 bridgehead atoms. The Balaban J connectivity index is 1.64. The lowest BCUT2D eigenvalue weighted by Crippen LogP contribution is -2.47. The number of nitrogens with zero attached hydrogens (tertiary/aromatic N) is 2. The van der Waals surface area contributed by atoms with Crippen LogP contribution in [0.3, 0.4) is 0 Å². The Morgan fingerprint density at radius 3 is 2.40 bits per heavy atom. The number of carbonyl (C=O) groups excluding carboxylic acids is 2. The molecule has 5 heteroatoms. The molecular formula is C20H28N2O3. The fourth-order valence-corrected chi connectivity index (χ4v) is 3.94. The SMILES string of the molecule is CCC1(CO)CCN(C(=O)C2CCN(c3ccc(C)cc3)C2=O)CC1. The van der Waals surface area contributed by atoms with Gasteiger partial charge in [0.1, 0.15) is 5.92 Å². The van der Waals surface area contributed by atoms with Crippen molar-refractivity contribution in [3.05, 3.63) is 29.8 Å². The summed E-state index contributed by atoms with van der Waals surface area (Å²) in [5.74, 6) is -0.671. The highest BCUT2D eigenvalue weighted by Gasteiger charge is 2.42. The van der Waals surface area contributed by atoms with Crippen molar-refractivity contribution in [1.29, 1.82) is 0 Å². The summed E-state index contributed by atoms with van der Waals surface area (Å²) in [7, 11) is 0. The molecule has 2 heterocycles. The molecule has 136 valence electrons. The minimum absolute atomic E-state index is 0.0396. The number of likely N-dealkylation sites (tertiary alicyclic amines) is 1. The highest BCUT2D eigenvalue weighted by atomic mass is 16.3. The zero-order chi connectivity index (χ0) is 18.0. The maximum absolute atomic E-state index is 12.8. The van der Waals surface area contributed by atoms with E-state index in [1.807, 2.05) is 36.1 Å². The smallest absolute Gasteiger partial charge is 0.239 e. The van der Waals surface area contributed by atoms with Crippen LogP contribution in [0, 0.1) is 18.3 Å². The molecule has 1 unspecified atom stereocenters. The quantitative estimate of drug-likeness (QED) is 0.853. The summed E-state index contributed by atoms with van der Waals surface area (Å²) in [6.07, 6.45) is 3.14. The molecule has 25 heavy (non-hydrogen) atoms. The molecule has 1 atom stereocenters. The summed E-state index contributed by atoms with van der Waals surface area (Å²) in [6.45, 7) is 6.16. The minimum atomic E-state index is -0.551. The maximum Gasteiger partial charge on any atom is 0.239 e. The first kappa shape index (κ1) is 17.9. The van der Waals surface area contributed by atoms with Gasteiger partial charge < -0.3 is 14.9 Å². The molecule has 3 rings (SSSR count). The maximum atomic E-state index is 12.8. The number of benzene rings is 1. The number of rotatable bonds is 4. The largest absolute Gasteiger partial charge is 0.396 e. The summed E-state index contributed by atoms with van der Waals surface area (Å²) >= 11 is 0. The third kappa shape index (κ3) is 3.43. The summed E-state index contributed by atoms with van der Waals surface area (Å²) in [4.78, 5) is 29.2. The highest BCUT2D eigenvalue weighted by molar-refractivity contribution is 6.09. The van der Waals surface area contributed by atoms with E-state index in [0.717, 1.165) is 30.5 Å². The Morgan fingerprint density at radius 1 is 1.20 bits per heavy atom. The van der Waals surface area contributed by atoms with E-state index in [0.29, 0.717) is 26.1 Å². The zero-order valence-corrected chi connectivity index (χ0v) is 15.2. The average molecular weight is 344 g/mol. The molecule has 2 amide bonds. The molecule has 0 spiro atoms. The Bertz CT molecular complexity index is 627. The van der Waals surface area contributed by atoms with Gasteiger partial charge in [-0.15, -0.1) is 0 Å². The molecule has 0 aliphatic carbocycles. The summed E-state index contributed by atoms with van der Waals surface area (Å²) in [5, 5.41) is 9.64. The van der Waals surface area contributed by atoms with E-state index in [4.69, 9.17) is 0 Å². The molecule has 0 aromatic heterocycles. The summed E-state index contributed by atoms with van der Waals surface area (Å²) in [5.41, 5.74) is 1.97. The van der Waals surface area contributed by atoms with Gasteiger partial charge in [0.2, 0.25) is 11.8 Å². The van der Waals surface area contributed by atoms with Gasteiger partial charge in [0.05, 0.1) is 0 Å². The lowest BCUT2D eigenvalue weighted by molar-refractivity contribution is -0.142. The molecule has 1 aromatic carbocycles. The Kier molecular flexibility index (Phi) is 5.13. The fourth-order valence-electron chi connectivity index (χ4n) is 3.94. The van der Waals surface area contributed by atoms with E-state index >= 15 is 0 Å². The van der Waals surface area contributed by atoms with Crippen molar-refractivity contribution in [1.82, 2.24) is 4.90 Å². The Morgan fingerprint density at radius 2 is 1.84 bits per heavy atom. The van der Waals surface area contributed by atoms with Crippen molar-refractivity contribution in [2.45, 2.75) is 39.5 Å². The third-order valence-corrected chi connectivity index (χ3v) is 6.07. The number of aliphatic hydroxyl groups is 1. The number of aryl methyl sites for hydroxylation is 1. The molecule has 2 aliphatic rings. The second-order valence-electron chi connectivity index (χ2n) is 7.50. The molecule has 5 nitrogen and oxygen atoms in total. The van der Waals surface area contributed by atoms with Crippen LogP contribution in [0.1, 0.15) is 38.2 Å². The lowest BCUT2D eigenvalue weighted by atomic mass is 9.77. The fraction of sp³-hybridized carbons (Fsp3) is 0.600. The van der Waals surface area contributed by atoms with Gasteiger partial charge in [0, 0.05) is 31.9 Å². The molecule has 0 saturated carbocycles. The second kappa shape index (κ2) is 7.16. The van der Waals surface area contributed by atoms with Crippen LogP contribution in [0.4, 0.5) is 5.69 Å². The van der Waals surface area contributed by atoms with Gasteiger partial charge in [-0.1, -0.05) is 24.6 Å². The predicted octanol–water partition coefficient (Wildman–Crippen LogP) is 2.36.